The molecule has 1 aromatic rings. The molecule has 0 saturated heterocycles. The molecule has 0 bridgehead atoms. The Kier molecular flexibility index (Phi) is 5.38. The first-order chi connectivity index (χ1) is 8.13. The summed E-state index contributed by atoms with van der Waals surface area (Å²) in [4.78, 5) is 10.6. The van der Waals surface area contributed by atoms with Crippen molar-refractivity contribution in [1.82, 2.24) is 5.32 Å². The van der Waals surface area contributed by atoms with Crippen LogP contribution in [0, 0.1) is 11.8 Å². The molecule has 4 heteroatoms. The zero-order chi connectivity index (χ0) is 12.7. The van der Waals surface area contributed by atoms with Crippen LogP contribution in [0.2, 0.25) is 5.02 Å². The molecule has 0 atom stereocenters. The largest absolute Gasteiger partial charge is 0.497 e. The van der Waals surface area contributed by atoms with Gasteiger partial charge in [0.15, 0.2) is 0 Å². The maximum absolute atomic E-state index is 10.6. The lowest BCUT2D eigenvalue weighted by Crippen LogP contribution is -2.20. The van der Waals surface area contributed by atoms with Gasteiger partial charge in [-0.1, -0.05) is 23.4 Å². The van der Waals surface area contributed by atoms with Gasteiger partial charge in [-0.15, -0.1) is 0 Å². The van der Waals surface area contributed by atoms with Crippen molar-refractivity contribution in [3.8, 4) is 17.6 Å². The summed E-state index contributed by atoms with van der Waals surface area (Å²) in [5.74, 6) is 6.55. The smallest absolute Gasteiger partial charge is 0.216 e. The zero-order valence-corrected chi connectivity index (χ0v) is 10.6. The van der Waals surface area contributed by atoms with Crippen LogP contribution < -0.4 is 10.1 Å². The lowest BCUT2D eigenvalue weighted by atomic mass is 10.2. The monoisotopic (exact) mass is 251 g/mol. The van der Waals surface area contributed by atoms with Crippen LogP contribution in [0.4, 0.5) is 0 Å². The van der Waals surface area contributed by atoms with Crippen LogP contribution in [0.15, 0.2) is 18.2 Å². The van der Waals surface area contributed by atoms with E-state index >= 15 is 0 Å². The summed E-state index contributed by atoms with van der Waals surface area (Å²) in [6.45, 7) is 2.03. The van der Waals surface area contributed by atoms with E-state index in [4.69, 9.17) is 16.3 Å². The molecule has 1 N–H and O–H groups in total. The number of rotatable bonds is 3. The summed E-state index contributed by atoms with van der Waals surface area (Å²) < 4.78 is 5.04. The van der Waals surface area contributed by atoms with Crippen LogP contribution in [0.5, 0.6) is 5.75 Å². The molecule has 17 heavy (non-hydrogen) atoms. The maximum Gasteiger partial charge on any atom is 0.216 e. The minimum absolute atomic E-state index is 0.0470. The van der Waals surface area contributed by atoms with E-state index in [2.05, 4.69) is 17.2 Å². The number of methoxy groups -OCH3 is 1. The molecule has 90 valence electrons. The molecule has 0 radical (unpaired) electrons. The van der Waals surface area contributed by atoms with Crippen molar-refractivity contribution in [2.45, 2.75) is 13.3 Å². The minimum Gasteiger partial charge on any atom is -0.497 e. The number of benzene rings is 1. The lowest BCUT2D eigenvalue weighted by Gasteiger charge is -2.01. The van der Waals surface area contributed by atoms with Gasteiger partial charge in [-0.05, 0) is 18.2 Å². The molecule has 0 aliphatic heterocycles. The molecule has 0 heterocycles. The molecule has 1 rings (SSSR count). The van der Waals surface area contributed by atoms with E-state index in [9.17, 15) is 4.79 Å². The Morgan fingerprint density at radius 2 is 2.29 bits per heavy atom. The number of nitrogens with one attached hydrogen (secondary N) is 1. The quantitative estimate of drug-likeness (QED) is 0.661. The highest BCUT2D eigenvalue weighted by Crippen LogP contribution is 2.21. The Hall–Kier alpha value is -1.66. The van der Waals surface area contributed by atoms with Gasteiger partial charge in [0.1, 0.15) is 5.75 Å². The highest BCUT2D eigenvalue weighted by Gasteiger charge is 1.98. The van der Waals surface area contributed by atoms with Crippen LogP contribution >= 0.6 is 11.6 Å². The number of hydrogen-bond acceptors (Lipinski definition) is 2. The predicted octanol–water partition coefficient (Wildman–Crippen LogP) is 2.23. The van der Waals surface area contributed by atoms with E-state index in [0.717, 1.165) is 5.56 Å². The van der Waals surface area contributed by atoms with Crippen molar-refractivity contribution >= 4 is 17.5 Å². The van der Waals surface area contributed by atoms with Gasteiger partial charge in [-0.3, -0.25) is 4.79 Å². The van der Waals surface area contributed by atoms with E-state index in [1.165, 1.54) is 6.92 Å². The molecule has 3 nitrogen and oxygen atoms in total. The first kappa shape index (κ1) is 13.4. The first-order valence-corrected chi connectivity index (χ1v) is 5.58. The molecular formula is C13H14ClNO2. The minimum atomic E-state index is -0.0470. The van der Waals surface area contributed by atoms with Crippen molar-refractivity contribution in [2.75, 3.05) is 13.7 Å². The van der Waals surface area contributed by atoms with Crippen molar-refractivity contribution in [3.05, 3.63) is 28.8 Å². The second-order valence-electron chi connectivity index (χ2n) is 3.38. The van der Waals surface area contributed by atoms with Gasteiger partial charge in [0, 0.05) is 25.5 Å². The molecule has 1 aromatic carbocycles. The summed E-state index contributed by atoms with van der Waals surface area (Å²) in [5.41, 5.74) is 0.760. The molecular weight excluding hydrogens is 238 g/mol. The Bertz CT molecular complexity index is 460. The Morgan fingerprint density at radius 1 is 1.53 bits per heavy atom. The van der Waals surface area contributed by atoms with E-state index in [1.54, 1.807) is 13.2 Å². The van der Waals surface area contributed by atoms with Crippen molar-refractivity contribution in [2.24, 2.45) is 0 Å². The van der Waals surface area contributed by atoms with Gasteiger partial charge in [0.2, 0.25) is 5.91 Å². The van der Waals surface area contributed by atoms with Crippen LogP contribution in [-0.4, -0.2) is 19.6 Å². The van der Waals surface area contributed by atoms with Gasteiger partial charge in [-0.25, -0.2) is 0 Å². The lowest BCUT2D eigenvalue weighted by molar-refractivity contribution is -0.118. The van der Waals surface area contributed by atoms with E-state index in [1.807, 2.05) is 12.1 Å². The topological polar surface area (TPSA) is 38.3 Å². The molecule has 0 aliphatic rings. The second-order valence-corrected chi connectivity index (χ2v) is 3.79. The normalized spacial score (nSPS) is 9.12. The summed E-state index contributed by atoms with van der Waals surface area (Å²) in [6, 6.07) is 5.34. The zero-order valence-electron chi connectivity index (χ0n) is 9.84. The molecule has 1 amide bonds. The first-order valence-electron chi connectivity index (χ1n) is 5.20. The maximum atomic E-state index is 10.6. The SMILES string of the molecule is COc1ccc(C#CCCNC(C)=O)c(Cl)c1. The number of halogens is 1. The molecule has 0 aliphatic carbocycles. The summed E-state index contributed by atoms with van der Waals surface area (Å²) in [5, 5.41) is 3.24. The number of carbonyl (C=O) groups excluding carboxylic acids is 1. The van der Waals surface area contributed by atoms with E-state index in [0.29, 0.717) is 23.7 Å². The van der Waals surface area contributed by atoms with Crippen LogP contribution in [-0.2, 0) is 4.79 Å². The van der Waals surface area contributed by atoms with Crippen molar-refractivity contribution < 1.29 is 9.53 Å². The van der Waals surface area contributed by atoms with Gasteiger partial charge in [0.25, 0.3) is 0 Å². The summed E-state index contributed by atoms with van der Waals surface area (Å²) in [7, 11) is 1.59. The number of hydrogen-bond donors (Lipinski definition) is 1. The van der Waals surface area contributed by atoms with Gasteiger partial charge in [0.05, 0.1) is 12.1 Å². The summed E-state index contributed by atoms with van der Waals surface area (Å²) in [6.07, 6.45) is 0.599. The number of carbonyl (C=O) groups is 1. The van der Waals surface area contributed by atoms with Crippen LogP contribution in [0.3, 0.4) is 0 Å². The van der Waals surface area contributed by atoms with E-state index < -0.39 is 0 Å². The highest BCUT2D eigenvalue weighted by atomic mass is 35.5. The van der Waals surface area contributed by atoms with Gasteiger partial charge in [-0.2, -0.15) is 0 Å². The average Bonchev–Trinajstić information content (AvgIpc) is 2.30. The van der Waals surface area contributed by atoms with E-state index in [-0.39, 0.29) is 5.91 Å². The standard InChI is InChI=1S/C13H14ClNO2/c1-10(16)15-8-4-3-5-11-6-7-12(17-2)9-13(11)14/h6-7,9H,4,8H2,1-2H3,(H,15,16). The fourth-order valence-electron chi connectivity index (χ4n) is 1.18. The van der Waals surface area contributed by atoms with Crippen molar-refractivity contribution in [3.63, 3.8) is 0 Å². The van der Waals surface area contributed by atoms with Crippen molar-refractivity contribution in [1.29, 1.82) is 0 Å². The molecule has 0 unspecified atom stereocenters. The highest BCUT2D eigenvalue weighted by molar-refractivity contribution is 6.31. The fraction of sp³-hybridized carbons (Fsp3) is 0.308. The number of amides is 1. The van der Waals surface area contributed by atoms with Crippen LogP contribution in [0.25, 0.3) is 0 Å². The Morgan fingerprint density at radius 3 is 2.88 bits per heavy atom. The number of ether oxygens (including phenoxy) is 1. The third kappa shape index (κ3) is 4.80. The average molecular weight is 252 g/mol. The molecule has 0 spiro atoms. The van der Waals surface area contributed by atoms with Crippen LogP contribution in [0.1, 0.15) is 18.9 Å². The third-order valence-corrected chi connectivity index (χ3v) is 2.34. The Balaban J connectivity index is 2.57. The molecule has 0 fully saturated rings. The Labute approximate surface area is 106 Å². The third-order valence-electron chi connectivity index (χ3n) is 2.02. The molecule has 0 saturated carbocycles. The van der Waals surface area contributed by atoms with Gasteiger partial charge >= 0.3 is 0 Å². The second kappa shape index (κ2) is 6.82. The summed E-state index contributed by atoms with van der Waals surface area (Å²) >= 11 is 6.02. The fourth-order valence-corrected chi connectivity index (χ4v) is 1.40. The molecule has 0 aromatic heterocycles. The predicted molar refractivity (Wildman–Crippen MR) is 68.2 cm³/mol. The van der Waals surface area contributed by atoms with Gasteiger partial charge < -0.3 is 10.1 Å².